The molecule has 2 aromatic heterocycles. The molecule has 0 N–H and O–H groups in total. The number of carbonyl (C=O) groups excluding carboxylic acids is 1. The van der Waals surface area contributed by atoms with Gasteiger partial charge in [0.05, 0.1) is 11.7 Å². The second kappa shape index (κ2) is 5.30. The highest BCUT2D eigenvalue weighted by Gasteiger charge is 2.42. The van der Waals surface area contributed by atoms with Gasteiger partial charge in [-0.1, -0.05) is 0 Å². The van der Waals surface area contributed by atoms with E-state index < -0.39 is 18.0 Å². The molecular weight excluding hydrogens is 337 g/mol. The number of carbonyl (C=O) groups is 1. The van der Waals surface area contributed by atoms with Crippen molar-refractivity contribution >= 4 is 5.91 Å². The van der Waals surface area contributed by atoms with Crippen molar-refractivity contribution in [2.75, 3.05) is 6.54 Å². The molecule has 1 fully saturated rings. The van der Waals surface area contributed by atoms with Crippen LogP contribution in [0.5, 0.6) is 0 Å². The molecule has 10 heteroatoms. The Morgan fingerprint density at radius 1 is 1.24 bits per heavy atom. The predicted octanol–water partition coefficient (Wildman–Crippen LogP) is 2.12. The van der Waals surface area contributed by atoms with Crippen LogP contribution < -0.4 is 0 Å². The molecule has 1 aliphatic carbocycles. The summed E-state index contributed by atoms with van der Waals surface area (Å²) in [6.07, 6.45) is -2.40. The smallest absolute Gasteiger partial charge is 0.326 e. The molecule has 25 heavy (non-hydrogen) atoms. The second-order valence-electron chi connectivity index (χ2n) is 6.56. The van der Waals surface area contributed by atoms with Crippen molar-refractivity contribution in [3.63, 3.8) is 0 Å². The summed E-state index contributed by atoms with van der Waals surface area (Å²) in [5, 5.41) is 11.3. The summed E-state index contributed by atoms with van der Waals surface area (Å²) in [4.78, 5) is 14.4. The third-order valence-electron chi connectivity index (χ3n) is 4.81. The molecule has 1 amide bonds. The highest BCUT2D eigenvalue weighted by Crippen LogP contribution is 2.39. The molecule has 3 heterocycles. The van der Waals surface area contributed by atoms with Crippen LogP contribution in [0.4, 0.5) is 13.2 Å². The lowest BCUT2D eigenvalue weighted by Crippen LogP contribution is -2.42. The zero-order valence-electron chi connectivity index (χ0n) is 13.8. The lowest BCUT2D eigenvalue weighted by atomic mass is 10.1. The fraction of sp³-hybridized carbons (Fsp3) is 0.600. The Morgan fingerprint density at radius 3 is 2.60 bits per heavy atom. The van der Waals surface area contributed by atoms with Gasteiger partial charge in [0.2, 0.25) is 5.82 Å². The third-order valence-corrected chi connectivity index (χ3v) is 4.81. The van der Waals surface area contributed by atoms with E-state index in [9.17, 15) is 18.0 Å². The van der Waals surface area contributed by atoms with E-state index in [1.165, 1.54) is 4.90 Å². The van der Waals surface area contributed by atoms with E-state index in [4.69, 9.17) is 0 Å². The number of hydrogen-bond donors (Lipinski definition) is 0. The van der Waals surface area contributed by atoms with Gasteiger partial charge in [-0.05, 0) is 25.8 Å². The summed E-state index contributed by atoms with van der Waals surface area (Å²) < 4.78 is 41.5. The van der Waals surface area contributed by atoms with Gasteiger partial charge >= 0.3 is 6.18 Å². The van der Waals surface area contributed by atoms with Crippen LogP contribution in [0.15, 0.2) is 6.07 Å². The summed E-state index contributed by atoms with van der Waals surface area (Å²) in [5.74, 6) is -0.698. The largest absolute Gasteiger partial charge is 0.451 e. The van der Waals surface area contributed by atoms with Crippen LogP contribution in [0.25, 0.3) is 0 Å². The fourth-order valence-electron chi connectivity index (χ4n) is 3.29. The summed E-state index contributed by atoms with van der Waals surface area (Å²) >= 11 is 0. The van der Waals surface area contributed by atoms with Crippen molar-refractivity contribution in [1.82, 2.24) is 29.4 Å². The minimum absolute atomic E-state index is 0.0145. The van der Waals surface area contributed by atoms with E-state index in [2.05, 4.69) is 15.3 Å². The van der Waals surface area contributed by atoms with Gasteiger partial charge in [-0.25, -0.2) is 0 Å². The standard InChI is InChI=1S/C15H17F3N6O/c1-8-12-19-20-14(15(16,17)18)24(12)6-5-23(8)13(25)11-7-10(9-3-4-9)21-22(11)2/h7-9H,3-6H2,1-2H3. The Hall–Kier alpha value is -2.39. The average Bonchev–Trinajstić information content (AvgIpc) is 3.16. The average molecular weight is 354 g/mol. The maximum atomic E-state index is 13.0. The molecule has 1 aliphatic heterocycles. The zero-order valence-corrected chi connectivity index (χ0v) is 13.8. The molecule has 2 aromatic rings. The number of aromatic nitrogens is 5. The van der Waals surface area contributed by atoms with Crippen LogP contribution in [0.2, 0.25) is 0 Å². The number of nitrogens with zero attached hydrogens (tertiary/aromatic N) is 6. The number of alkyl halides is 3. The van der Waals surface area contributed by atoms with E-state index >= 15 is 0 Å². The molecule has 0 spiro atoms. The van der Waals surface area contributed by atoms with Gasteiger partial charge < -0.3 is 9.47 Å². The van der Waals surface area contributed by atoms with Gasteiger partial charge in [-0.3, -0.25) is 9.48 Å². The first-order valence-electron chi connectivity index (χ1n) is 8.12. The van der Waals surface area contributed by atoms with Gasteiger partial charge in [0, 0.05) is 26.1 Å². The van der Waals surface area contributed by atoms with Crippen LogP contribution >= 0.6 is 0 Å². The molecule has 134 valence electrons. The minimum atomic E-state index is -4.56. The molecule has 1 atom stereocenters. The second-order valence-corrected chi connectivity index (χ2v) is 6.56. The number of amides is 1. The van der Waals surface area contributed by atoms with E-state index in [1.54, 1.807) is 24.7 Å². The Bertz CT molecular complexity index is 835. The van der Waals surface area contributed by atoms with Crippen molar-refractivity contribution in [3.8, 4) is 0 Å². The predicted molar refractivity (Wildman–Crippen MR) is 79.7 cm³/mol. The number of hydrogen-bond acceptors (Lipinski definition) is 4. The van der Waals surface area contributed by atoms with E-state index in [-0.39, 0.29) is 24.8 Å². The first kappa shape index (κ1) is 16.1. The highest BCUT2D eigenvalue weighted by molar-refractivity contribution is 5.93. The van der Waals surface area contributed by atoms with Crippen molar-refractivity contribution in [3.05, 3.63) is 29.1 Å². The topological polar surface area (TPSA) is 68.8 Å². The van der Waals surface area contributed by atoms with Crippen molar-refractivity contribution in [1.29, 1.82) is 0 Å². The number of fused-ring (bicyclic) bond motifs is 1. The normalized spacial score (nSPS) is 20.7. The molecule has 2 aliphatic rings. The Labute approximate surface area is 141 Å². The van der Waals surface area contributed by atoms with Crippen LogP contribution in [0.1, 0.15) is 59.6 Å². The summed E-state index contributed by atoms with van der Waals surface area (Å²) in [7, 11) is 1.71. The zero-order chi connectivity index (χ0) is 17.9. The number of rotatable bonds is 2. The maximum Gasteiger partial charge on any atom is 0.451 e. The van der Waals surface area contributed by atoms with E-state index in [0.717, 1.165) is 23.1 Å². The molecule has 0 aromatic carbocycles. The molecule has 1 unspecified atom stereocenters. The molecular formula is C15H17F3N6O. The summed E-state index contributed by atoms with van der Waals surface area (Å²) in [6, 6.07) is 1.19. The van der Waals surface area contributed by atoms with Crippen LogP contribution in [-0.4, -0.2) is 41.9 Å². The highest BCUT2D eigenvalue weighted by atomic mass is 19.4. The lowest BCUT2D eigenvalue weighted by Gasteiger charge is -2.33. The van der Waals surface area contributed by atoms with E-state index in [0.29, 0.717) is 11.6 Å². The summed E-state index contributed by atoms with van der Waals surface area (Å²) in [5.41, 5.74) is 1.34. The van der Waals surface area contributed by atoms with Gasteiger partial charge in [0.25, 0.3) is 5.91 Å². The molecule has 1 saturated carbocycles. The van der Waals surface area contributed by atoms with Crippen LogP contribution in [-0.2, 0) is 19.8 Å². The molecule has 0 saturated heterocycles. The molecule has 7 nitrogen and oxygen atoms in total. The van der Waals surface area contributed by atoms with Crippen molar-refractivity contribution < 1.29 is 18.0 Å². The minimum Gasteiger partial charge on any atom is -0.326 e. The van der Waals surface area contributed by atoms with Crippen LogP contribution in [0.3, 0.4) is 0 Å². The monoisotopic (exact) mass is 354 g/mol. The molecule has 0 bridgehead atoms. The Morgan fingerprint density at radius 2 is 1.96 bits per heavy atom. The maximum absolute atomic E-state index is 13.0. The van der Waals surface area contributed by atoms with Gasteiger partial charge in [0.15, 0.2) is 5.82 Å². The molecule has 4 rings (SSSR count). The van der Waals surface area contributed by atoms with Crippen LogP contribution in [0, 0.1) is 0 Å². The van der Waals surface area contributed by atoms with Crippen molar-refractivity contribution in [2.24, 2.45) is 7.05 Å². The summed E-state index contributed by atoms with van der Waals surface area (Å²) in [6.45, 7) is 1.84. The lowest BCUT2D eigenvalue weighted by molar-refractivity contribution is -0.148. The SMILES string of the molecule is CC1c2nnc(C(F)(F)F)n2CCN1C(=O)c1cc(C2CC2)nn1C. The number of aryl methyl sites for hydroxylation is 1. The van der Waals surface area contributed by atoms with E-state index in [1.807, 2.05) is 0 Å². The quantitative estimate of drug-likeness (QED) is 0.828. The van der Waals surface area contributed by atoms with Gasteiger partial charge in [-0.15, -0.1) is 10.2 Å². The first-order valence-corrected chi connectivity index (χ1v) is 8.12. The van der Waals surface area contributed by atoms with Gasteiger partial charge in [-0.2, -0.15) is 18.3 Å². The van der Waals surface area contributed by atoms with Crippen molar-refractivity contribution in [2.45, 2.75) is 44.4 Å². The first-order chi connectivity index (χ1) is 11.8. The fourth-order valence-corrected chi connectivity index (χ4v) is 3.29. The molecule has 0 radical (unpaired) electrons. The number of halogens is 3. The third kappa shape index (κ3) is 2.59. The van der Waals surface area contributed by atoms with Gasteiger partial charge in [0.1, 0.15) is 5.69 Å². The Balaban J connectivity index is 1.62. The Kier molecular flexibility index (Phi) is 3.41.